The van der Waals surface area contributed by atoms with Gasteiger partial charge in [-0.2, -0.15) is 0 Å². The first-order valence-electron chi connectivity index (χ1n) is 7.49. The second-order valence-corrected chi connectivity index (χ2v) is 5.92. The summed E-state index contributed by atoms with van der Waals surface area (Å²) in [6.45, 7) is 5.72. The maximum atomic E-state index is 12.3. The summed E-state index contributed by atoms with van der Waals surface area (Å²) in [5.74, 6) is -0.291. The van der Waals surface area contributed by atoms with Crippen molar-refractivity contribution in [2.24, 2.45) is 0 Å². The number of urea groups is 1. The lowest BCUT2D eigenvalue weighted by Crippen LogP contribution is -2.45. The Bertz CT molecular complexity index is 702. The van der Waals surface area contributed by atoms with Crippen molar-refractivity contribution in [2.75, 3.05) is 13.2 Å². The molecule has 130 valence electrons. The molecular formula is C16H19BrN2O5. The van der Waals surface area contributed by atoms with Gasteiger partial charge in [-0.15, -0.1) is 0 Å². The molecule has 2 amide bonds. The van der Waals surface area contributed by atoms with Crippen LogP contribution < -0.4 is 15.4 Å². The number of hydrogen-bond acceptors (Lipinski definition) is 5. The standard InChI is InChI=1S/C16H19BrN2O5/c1-4-23-12-6-9(10(17)7-11(12)20)14-13(15(21)24-5-2)8(3)18-16(22)19-14/h6-7,14,20H,4-5H2,1-3H3,(H2,18,19,22)/t14-/m0/s1. The third kappa shape index (κ3) is 3.64. The van der Waals surface area contributed by atoms with Gasteiger partial charge in [-0.05, 0) is 38.5 Å². The molecule has 2 rings (SSSR count). The zero-order chi connectivity index (χ0) is 17.9. The number of phenolic OH excluding ortho intramolecular Hbond substituents is 1. The van der Waals surface area contributed by atoms with Crippen LogP contribution in [0.5, 0.6) is 11.5 Å². The molecule has 0 radical (unpaired) electrons. The van der Waals surface area contributed by atoms with Gasteiger partial charge in [-0.3, -0.25) is 0 Å². The van der Waals surface area contributed by atoms with Gasteiger partial charge in [0.1, 0.15) is 0 Å². The highest BCUT2D eigenvalue weighted by Gasteiger charge is 2.33. The molecule has 7 nitrogen and oxygen atoms in total. The SMILES string of the molecule is CCOC(=O)C1=C(C)NC(=O)N[C@H]1c1cc(OCC)c(O)cc1Br. The van der Waals surface area contributed by atoms with Gasteiger partial charge in [-0.25, -0.2) is 9.59 Å². The Morgan fingerprint density at radius 1 is 1.33 bits per heavy atom. The van der Waals surface area contributed by atoms with E-state index in [1.165, 1.54) is 6.07 Å². The van der Waals surface area contributed by atoms with Gasteiger partial charge in [0, 0.05) is 10.2 Å². The second kappa shape index (κ2) is 7.57. The first-order valence-corrected chi connectivity index (χ1v) is 8.28. The zero-order valence-corrected chi connectivity index (χ0v) is 15.2. The Morgan fingerprint density at radius 2 is 2.04 bits per heavy atom. The van der Waals surface area contributed by atoms with Crippen LogP contribution in [-0.4, -0.2) is 30.3 Å². The van der Waals surface area contributed by atoms with Gasteiger partial charge in [0.2, 0.25) is 0 Å². The number of amides is 2. The molecule has 1 atom stereocenters. The molecule has 0 bridgehead atoms. The number of carbonyl (C=O) groups is 2. The highest BCUT2D eigenvalue weighted by Crippen LogP contribution is 2.39. The highest BCUT2D eigenvalue weighted by molar-refractivity contribution is 9.10. The number of allylic oxidation sites excluding steroid dienone is 1. The summed E-state index contributed by atoms with van der Waals surface area (Å²) >= 11 is 3.36. The summed E-state index contributed by atoms with van der Waals surface area (Å²) in [5.41, 5.74) is 1.29. The molecule has 1 aromatic carbocycles. The van der Waals surface area contributed by atoms with Crippen LogP contribution in [0.1, 0.15) is 32.4 Å². The fraction of sp³-hybridized carbons (Fsp3) is 0.375. The number of carbonyl (C=O) groups excluding carboxylic acids is 2. The highest BCUT2D eigenvalue weighted by atomic mass is 79.9. The fourth-order valence-corrected chi connectivity index (χ4v) is 3.02. The Labute approximate surface area is 148 Å². The van der Waals surface area contributed by atoms with E-state index >= 15 is 0 Å². The van der Waals surface area contributed by atoms with Crippen LogP contribution in [0, 0.1) is 0 Å². The lowest BCUT2D eigenvalue weighted by molar-refractivity contribution is -0.139. The van der Waals surface area contributed by atoms with Gasteiger partial charge in [0.25, 0.3) is 0 Å². The van der Waals surface area contributed by atoms with Crippen molar-refractivity contribution in [3.8, 4) is 11.5 Å². The quantitative estimate of drug-likeness (QED) is 0.662. The van der Waals surface area contributed by atoms with Crippen LogP contribution >= 0.6 is 15.9 Å². The van der Waals surface area contributed by atoms with E-state index in [1.54, 1.807) is 26.8 Å². The molecule has 0 aliphatic carbocycles. The molecule has 0 saturated heterocycles. The summed E-state index contributed by atoms with van der Waals surface area (Å²) in [7, 11) is 0. The number of esters is 1. The molecule has 0 saturated carbocycles. The predicted molar refractivity (Wildman–Crippen MR) is 90.7 cm³/mol. The molecule has 8 heteroatoms. The average Bonchev–Trinajstić information content (AvgIpc) is 2.49. The van der Waals surface area contributed by atoms with Gasteiger partial charge in [-0.1, -0.05) is 15.9 Å². The lowest BCUT2D eigenvalue weighted by atomic mass is 9.95. The van der Waals surface area contributed by atoms with E-state index < -0.39 is 18.0 Å². The summed E-state index contributed by atoms with van der Waals surface area (Å²) < 4.78 is 11.0. The van der Waals surface area contributed by atoms with Crippen LogP contribution in [0.3, 0.4) is 0 Å². The summed E-state index contributed by atoms with van der Waals surface area (Å²) in [4.78, 5) is 24.2. The van der Waals surface area contributed by atoms with E-state index in [0.717, 1.165) is 0 Å². The molecule has 3 N–H and O–H groups in total. The topological polar surface area (TPSA) is 96.9 Å². The van der Waals surface area contributed by atoms with Crippen LogP contribution in [0.4, 0.5) is 4.79 Å². The number of phenols is 1. The molecule has 24 heavy (non-hydrogen) atoms. The predicted octanol–water partition coefficient (Wildman–Crippen LogP) is 2.74. The maximum absolute atomic E-state index is 12.3. The molecule has 0 fully saturated rings. The van der Waals surface area contributed by atoms with Crippen molar-refractivity contribution < 1.29 is 24.2 Å². The summed E-state index contributed by atoms with van der Waals surface area (Å²) in [6.07, 6.45) is 0. The van der Waals surface area contributed by atoms with E-state index in [-0.39, 0.29) is 18.1 Å². The Hall–Kier alpha value is -2.22. The Balaban J connectivity index is 2.55. The minimum absolute atomic E-state index is 0.0360. The minimum atomic E-state index is -0.730. The normalized spacial score (nSPS) is 17.2. The third-order valence-electron chi connectivity index (χ3n) is 3.45. The number of aromatic hydroxyl groups is 1. The second-order valence-electron chi connectivity index (χ2n) is 5.07. The smallest absolute Gasteiger partial charge is 0.338 e. The van der Waals surface area contributed by atoms with E-state index in [4.69, 9.17) is 9.47 Å². The van der Waals surface area contributed by atoms with Crippen molar-refractivity contribution in [2.45, 2.75) is 26.8 Å². The van der Waals surface area contributed by atoms with Crippen LogP contribution in [-0.2, 0) is 9.53 Å². The van der Waals surface area contributed by atoms with Gasteiger partial charge >= 0.3 is 12.0 Å². The van der Waals surface area contributed by atoms with Crippen molar-refractivity contribution >= 4 is 27.9 Å². The maximum Gasteiger partial charge on any atom is 0.338 e. The van der Waals surface area contributed by atoms with E-state index in [9.17, 15) is 14.7 Å². The van der Waals surface area contributed by atoms with Crippen LogP contribution in [0.15, 0.2) is 27.9 Å². The fourth-order valence-electron chi connectivity index (χ4n) is 2.46. The van der Waals surface area contributed by atoms with Crippen molar-refractivity contribution in [3.63, 3.8) is 0 Å². The van der Waals surface area contributed by atoms with Gasteiger partial charge < -0.3 is 25.2 Å². The molecule has 0 unspecified atom stereocenters. The summed E-state index contributed by atoms with van der Waals surface area (Å²) in [5, 5.41) is 15.2. The molecule has 1 aromatic rings. The molecular weight excluding hydrogens is 380 g/mol. The van der Waals surface area contributed by atoms with E-state index in [1.807, 2.05) is 0 Å². The Morgan fingerprint density at radius 3 is 2.67 bits per heavy atom. The van der Waals surface area contributed by atoms with E-state index in [0.29, 0.717) is 27.9 Å². The number of benzene rings is 1. The lowest BCUT2D eigenvalue weighted by Gasteiger charge is -2.29. The number of hydrogen-bond donors (Lipinski definition) is 3. The Kier molecular flexibility index (Phi) is 5.71. The molecule has 0 aromatic heterocycles. The number of rotatable bonds is 5. The number of halogens is 1. The average molecular weight is 399 g/mol. The number of nitrogens with one attached hydrogen (secondary N) is 2. The third-order valence-corrected chi connectivity index (χ3v) is 4.14. The van der Waals surface area contributed by atoms with Gasteiger partial charge in [0.05, 0.1) is 24.8 Å². The summed E-state index contributed by atoms with van der Waals surface area (Å²) in [6, 6.07) is 1.90. The van der Waals surface area contributed by atoms with Gasteiger partial charge in [0.15, 0.2) is 11.5 Å². The molecule has 1 aliphatic rings. The van der Waals surface area contributed by atoms with Crippen molar-refractivity contribution in [1.29, 1.82) is 0 Å². The monoisotopic (exact) mass is 398 g/mol. The first-order chi connectivity index (χ1) is 11.4. The zero-order valence-electron chi connectivity index (χ0n) is 13.6. The molecule has 1 heterocycles. The molecule has 0 spiro atoms. The first kappa shape index (κ1) is 18.1. The van der Waals surface area contributed by atoms with Crippen molar-refractivity contribution in [3.05, 3.63) is 33.4 Å². The number of ether oxygens (including phenoxy) is 2. The minimum Gasteiger partial charge on any atom is -0.504 e. The van der Waals surface area contributed by atoms with Crippen LogP contribution in [0.25, 0.3) is 0 Å². The molecule has 1 aliphatic heterocycles. The van der Waals surface area contributed by atoms with E-state index in [2.05, 4.69) is 26.6 Å². The van der Waals surface area contributed by atoms with Crippen molar-refractivity contribution in [1.82, 2.24) is 10.6 Å². The van der Waals surface area contributed by atoms with Crippen LogP contribution in [0.2, 0.25) is 0 Å². The largest absolute Gasteiger partial charge is 0.504 e.